The van der Waals surface area contributed by atoms with Crippen molar-refractivity contribution in [3.8, 4) is 11.5 Å². The van der Waals surface area contributed by atoms with Gasteiger partial charge in [-0.25, -0.2) is 0 Å². The number of nitrogens with zero attached hydrogens (tertiary/aromatic N) is 1. The molecule has 0 atom stereocenters. The quantitative estimate of drug-likeness (QED) is 0.867. The van der Waals surface area contributed by atoms with Crippen LogP contribution in [-0.2, 0) is 4.79 Å². The minimum absolute atomic E-state index is 0.0661. The lowest BCUT2D eigenvalue weighted by Crippen LogP contribution is -2.30. The second-order valence-corrected chi connectivity index (χ2v) is 5.29. The first-order valence-corrected chi connectivity index (χ1v) is 7.62. The maximum Gasteiger partial charge on any atom is 0.257 e. The summed E-state index contributed by atoms with van der Waals surface area (Å²) in [4.78, 5) is 14.3. The van der Waals surface area contributed by atoms with Crippen LogP contribution in [0.25, 0.3) is 6.08 Å². The molecule has 23 heavy (non-hydrogen) atoms. The summed E-state index contributed by atoms with van der Waals surface area (Å²) < 4.78 is 11.2. The summed E-state index contributed by atoms with van der Waals surface area (Å²) in [5, 5.41) is 0. The molecule has 1 heterocycles. The molecule has 0 radical (unpaired) electrons. The van der Waals surface area contributed by atoms with E-state index in [2.05, 4.69) is 0 Å². The average molecular weight is 309 g/mol. The highest BCUT2D eigenvalue weighted by molar-refractivity contribution is 6.08. The van der Waals surface area contributed by atoms with Crippen molar-refractivity contribution >= 4 is 17.7 Å². The number of likely N-dealkylation sites (N-methyl/N-ethyl adjacent to an activating group) is 1. The van der Waals surface area contributed by atoms with Crippen molar-refractivity contribution in [1.29, 1.82) is 0 Å². The van der Waals surface area contributed by atoms with E-state index in [9.17, 15) is 4.79 Å². The number of rotatable bonds is 4. The SMILES string of the molecule is CCOc1ccc2c(c1)C=C(C(=O)N(C)c1ccccc1)CO2. The van der Waals surface area contributed by atoms with Crippen molar-refractivity contribution in [2.75, 3.05) is 25.2 Å². The first kappa shape index (κ1) is 15.2. The van der Waals surface area contributed by atoms with Crippen molar-refractivity contribution in [3.05, 3.63) is 59.7 Å². The molecule has 0 saturated heterocycles. The fourth-order valence-electron chi connectivity index (χ4n) is 2.52. The van der Waals surface area contributed by atoms with Gasteiger partial charge in [0.25, 0.3) is 5.91 Å². The minimum Gasteiger partial charge on any atom is -0.494 e. The summed E-state index contributed by atoms with van der Waals surface area (Å²) in [5.74, 6) is 1.48. The second-order valence-electron chi connectivity index (χ2n) is 5.29. The molecule has 2 aromatic carbocycles. The molecule has 0 N–H and O–H groups in total. The Morgan fingerprint density at radius 2 is 2.00 bits per heavy atom. The van der Waals surface area contributed by atoms with Crippen LogP contribution in [0.4, 0.5) is 5.69 Å². The van der Waals surface area contributed by atoms with E-state index in [1.165, 1.54) is 0 Å². The Hall–Kier alpha value is -2.75. The highest BCUT2D eigenvalue weighted by Crippen LogP contribution is 2.30. The van der Waals surface area contributed by atoms with Gasteiger partial charge in [0.1, 0.15) is 18.1 Å². The summed E-state index contributed by atoms with van der Waals surface area (Å²) in [5.41, 5.74) is 2.34. The highest BCUT2D eigenvalue weighted by Gasteiger charge is 2.21. The van der Waals surface area contributed by atoms with Crippen LogP contribution in [0.5, 0.6) is 11.5 Å². The third kappa shape index (κ3) is 3.21. The number of hydrogen-bond donors (Lipinski definition) is 0. The predicted octanol–water partition coefficient (Wildman–Crippen LogP) is 3.52. The normalized spacial score (nSPS) is 12.7. The maximum absolute atomic E-state index is 12.7. The molecule has 1 aliphatic heterocycles. The van der Waals surface area contributed by atoms with Crippen molar-refractivity contribution in [2.24, 2.45) is 0 Å². The van der Waals surface area contributed by atoms with Crippen molar-refractivity contribution in [1.82, 2.24) is 0 Å². The van der Waals surface area contributed by atoms with Gasteiger partial charge in [-0.1, -0.05) is 18.2 Å². The van der Waals surface area contributed by atoms with E-state index in [-0.39, 0.29) is 12.5 Å². The minimum atomic E-state index is -0.0661. The Balaban J connectivity index is 1.86. The average Bonchev–Trinajstić information content (AvgIpc) is 2.61. The number of para-hydroxylation sites is 1. The van der Waals surface area contributed by atoms with Gasteiger partial charge in [0.2, 0.25) is 0 Å². The molecule has 0 aliphatic carbocycles. The Kier molecular flexibility index (Phi) is 4.33. The van der Waals surface area contributed by atoms with E-state index in [1.807, 2.05) is 61.5 Å². The van der Waals surface area contributed by atoms with E-state index in [4.69, 9.17) is 9.47 Å². The number of fused-ring (bicyclic) bond motifs is 1. The molecule has 4 heteroatoms. The Morgan fingerprint density at radius 3 is 2.74 bits per heavy atom. The Morgan fingerprint density at radius 1 is 1.22 bits per heavy atom. The van der Waals surface area contributed by atoms with Crippen LogP contribution in [-0.4, -0.2) is 26.2 Å². The van der Waals surface area contributed by atoms with Crippen LogP contribution >= 0.6 is 0 Å². The van der Waals surface area contributed by atoms with Gasteiger partial charge in [0.05, 0.1) is 12.2 Å². The molecule has 2 aromatic rings. The first-order chi connectivity index (χ1) is 11.2. The number of benzene rings is 2. The summed E-state index contributed by atoms with van der Waals surface area (Å²) in [6.45, 7) is 2.82. The fraction of sp³-hybridized carbons (Fsp3) is 0.211. The largest absolute Gasteiger partial charge is 0.494 e. The lowest BCUT2D eigenvalue weighted by atomic mass is 10.1. The zero-order chi connectivity index (χ0) is 16.2. The van der Waals surface area contributed by atoms with Gasteiger partial charge in [-0.05, 0) is 43.3 Å². The number of carbonyl (C=O) groups is 1. The molecule has 0 fully saturated rings. The number of hydrogen-bond acceptors (Lipinski definition) is 3. The van der Waals surface area contributed by atoms with Crippen molar-refractivity contribution < 1.29 is 14.3 Å². The monoisotopic (exact) mass is 309 g/mol. The molecular weight excluding hydrogens is 290 g/mol. The van der Waals surface area contributed by atoms with E-state index in [0.29, 0.717) is 12.2 Å². The molecule has 3 rings (SSSR count). The van der Waals surface area contributed by atoms with E-state index >= 15 is 0 Å². The third-order valence-corrected chi connectivity index (χ3v) is 3.73. The number of anilines is 1. The molecule has 0 unspecified atom stereocenters. The molecule has 0 bridgehead atoms. The molecular formula is C19H19NO3. The fourth-order valence-corrected chi connectivity index (χ4v) is 2.52. The molecule has 0 spiro atoms. The van der Waals surface area contributed by atoms with E-state index < -0.39 is 0 Å². The lowest BCUT2D eigenvalue weighted by Gasteiger charge is -2.23. The number of amides is 1. The summed E-state index contributed by atoms with van der Waals surface area (Å²) in [6, 6.07) is 15.2. The standard InChI is InChI=1S/C19H19NO3/c1-3-22-17-9-10-18-14(12-17)11-15(13-23-18)19(21)20(2)16-7-5-4-6-8-16/h4-12H,3,13H2,1-2H3. The number of ether oxygens (including phenoxy) is 2. The molecule has 1 amide bonds. The van der Waals surface area contributed by atoms with Crippen LogP contribution in [0.15, 0.2) is 54.1 Å². The van der Waals surface area contributed by atoms with Gasteiger partial charge >= 0.3 is 0 Å². The van der Waals surface area contributed by atoms with Crippen molar-refractivity contribution in [3.63, 3.8) is 0 Å². The summed E-state index contributed by atoms with van der Waals surface area (Å²) in [7, 11) is 1.77. The van der Waals surface area contributed by atoms with Crippen LogP contribution < -0.4 is 14.4 Å². The van der Waals surface area contributed by atoms with Crippen LogP contribution in [0.1, 0.15) is 12.5 Å². The van der Waals surface area contributed by atoms with Gasteiger partial charge in [-0.3, -0.25) is 4.79 Å². The molecule has 4 nitrogen and oxygen atoms in total. The van der Waals surface area contributed by atoms with Crippen molar-refractivity contribution in [2.45, 2.75) is 6.92 Å². The van der Waals surface area contributed by atoms with Crippen LogP contribution in [0, 0.1) is 0 Å². The number of carbonyl (C=O) groups excluding carboxylic acids is 1. The Bertz CT molecular complexity index is 738. The predicted molar refractivity (Wildman–Crippen MR) is 90.9 cm³/mol. The summed E-state index contributed by atoms with van der Waals surface area (Å²) in [6.07, 6.45) is 1.88. The second kappa shape index (κ2) is 6.57. The highest BCUT2D eigenvalue weighted by atomic mass is 16.5. The molecule has 1 aliphatic rings. The van der Waals surface area contributed by atoms with Gasteiger partial charge in [0.15, 0.2) is 0 Å². The summed E-state index contributed by atoms with van der Waals surface area (Å²) >= 11 is 0. The van der Waals surface area contributed by atoms with Gasteiger partial charge in [0, 0.05) is 18.3 Å². The topological polar surface area (TPSA) is 38.8 Å². The maximum atomic E-state index is 12.7. The Labute approximate surface area is 135 Å². The zero-order valence-corrected chi connectivity index (χ0v) is 13.3. The third-order valence-electron chi connectivity index (χ3n) is 3.73. The zero-order valence-electron chi connectivity index (χ0n) is 13.3. The smallest absolute Gasteiger partial charge is 0.257 e. The van der Waals surface area contributed by atoms with Gasteiger partial charge in [-0.2, -0.15) is 0 Å². The van der Waals surface area contributed by atoms with E-state index in [1.54, 1.807) is 11.9 Å². The van der Waals surface area contributed by atoms with E-state index in [0.717, 1.165) is 22.7 Å². The van der Waals surface area contributed by atoms with Gasteiger partial charge < -0.3 is 14.4 Å². The molecule has 118 valence electrons. The van der Waals surface area contributed by atoms with Gasteiger partial charge in [-0.15, -0.1) is 0 Å². The lowest BCUT2D eigenvalue weighted by molar-refractivity contribution is -0.115. The first-order valence-electron chi connectivity index (χ1n) is 7.62. The molecule has 0 aromatic heterocycles. The van der Waals surface area contributed by atoms with Crippen LogP contribution in [0.2, 0.25) is 0 Å². The molecule has 0 saturated carbocycles. The van der Waals surface area contributed by atoms with Crippen LogP contribution in [0.3, 0.4) is 0 Å².